The minimum atomic E-state index is -0.390. The zero-order chi connectivity index (χ0) is 18.1. The van der Waals surface area contributed by atoms with E-state index in [0.717, 1.165) is 22.6 Å². The topological polar surface area (TPSA) is 55.6 Å². The summed E-state index contributed by atoms with van der Waals surface area (Å²) in [5.41, 5.74) is 4.32. The summed E-state index contributed by atoms with van der Waals surface area (Å²) in [5, 5.41) is 10.9. The molecule has 0 N–H and O–H groups in total. The molecule has 0 bridgehead atoms. The maximum Gasteiger partial charge on any atom is 0.269 e. The van der Waals surface area contributed by atoms with Gasteiger partial charge in [0.15, 0.2) is 6.23 Å². The third-order valence-electron chi connectivity index (χ3n) is 4.59. The Morgan fingerprint density at radius 1 is 1.00 bits per heavy atom. The van der Waals surface area contributed by atoms with E-state index in [9.17, 15) is 10.1 Å². The molecular weight excluding hydrogens is 328 g/mol. The number of ether oxygens (including phenoxy) is 1. The van der Waals surface area contributed by atoms with Crippen molar-refractivity contribution >= 4 is 11.4 Å². The van der Waals surface area contributed by atoms with Crippen molar-refractivity contribution in [1.82, 2.24) is 0 Å². The maximum atomic E-state index is 10.9. The lowest BCUT2D eigenvalue weighted by molar-refractivity contribution is -0.384. The molecule has 0 radical (unpaired) electrons. The number of hydrogen-bond acceptors (Lipinski definition) is 4. The summed E-state index contributed by atoms with van der Waals surface area (Å²) in [6.45, 7) is 2.76. The molecule has 3 aromatic carbocycles. The molecule has 26 heavy (non-hydrogen) atoms. The van der Waals surface area contributed by atoms with E-state index in [-0.39, 0.29) is 11.9 Å². The third-order valence-corrected chi connectivity index (χ3v) is 4.59. The molecule has 1 unspecified atom stereocenters. The van der Waals surface area contributed by atoms with Gasteiger partial charge in [0.2, 0.25) is 0 Å². The van der Waals surface area contributed by atoms with Crippen LogP contribution in [-0.2, 0) is 6.54 Å². The summed E-state index contributed by atoms with van der Waals surface area (Å²) in [4.78, 5) is 12.7. The van der Waals surface area contributed by atoms with Crippen molar-refractivity contribution < 1.29 is 9.66 Å². The Kier molecular flexibility index (Phi) is 4.05. The van der Waals surface area contributed by atoms with Crippen LogP contribution in [0.4, 0.5) is 11.4 Å². The standard InChI is InChI=1S/C21H18N2O3/c1-15-6-10-18(11-7-15)22-14-17-4-2-3-5-20(17)26-21(22)16-8-12-19(13-9-16)23(24)25/h2-13,21H,14H2,1H3. The third kappa shape index (κ3) is 2.99. The summed E-state index contributed by atoms with van der Waals surface area (Å²) in [7, 11) is 0. The molecule has 5 heteroatoms. The summed E-state index contributed by atoms with van der Waals surface area (Å²) in [6, 6.07) is 22.8. The van der Waals surface area contributed by atoms with Crippen LogP contribution in [0.2, 0.25) is 0 Å². The van der Waals surface area contributed by atoms with Crippen LogP contribution in [0.3, 0.4) is 0 Å². The summed E-state index contributed by atoms with van der Waals surface area (Å²) in [5.74, 6) is 0.846. The molecule has 4 rings (SSSR count). The fraction of sp³-hybridized carbons (Fsp3) is 0.143. The van der Waals surface area contributed by atoms with Crippen LogP contribution in [0.1, 0.15) is 22.9 Å². The largest absolute Gasteiger partial charge is 0.466 e. The fourth-order valence-electron chi connectivity index (χ4n) is 3.17. The zero-order valence-electron chi connectivity index (χ0n) is 14.3. The van der Waals surface area contributed by atoms with E-state index in [1.807, 2.05) is 18.2 Å². The molecule has 0 aromatic heterocycles. The van der Waals surface area contributed by atoms with Gasteiger partial charge in [-0.25, -0.2) is 0 Å². The SMILES string of the molecule is Cc1ccc(N2Cc3ccccc3OC2c2ccc([N+](=O)[O-])cc2)cc1. The first-order valence-electron chi connectivity index (χ1n) is 8.44. The van der Waals surface area contributed by atoms with Crippen molar-refractivity contribution in [1.29, 1.82) is 0 Å². The number of fused-ring (bicyclic) bond motifs is 1. The predicted molar refractivity (Wildman–Crippen MR) is 100 cm³/mol. The Balaban J connectivity index is 1.75. The molecule has 0 fully saturated rings. The van der Waals surface area contributed by atoms with Gasteiger partial charge in [-0.3, -0.25) is 10.1 Å². The van der Waals surface area contributed by atoms with Crippen molar-refractivity contribution in [2.75, 3.05) is 4.90 Å². The maximum absolute atomic E-state index is 10.9. The smallest absolute Gasteiger partial charge is 0.269 e. The second-order valence-electron chi connectivity index (χ2n) is 6.39. The molecule has 1 aliphatic heterocycles. The lowest BCUT2D eigenvalue weighted by atomic mass is 10.1. The molecule has 0 saturated carbocycles. The summed E-state index contributed by atoms with van der Waals surface area (Å²) >= 11 is 0. The molecule has 0 saturated heterocycles. The van der Waals surface area contributed by atoms with E-state index in [1.165, 1.54) is 17.7 Å². The molecule has 5 nitrogen and oxygen atoms in total. The van der Waals surface area contributed by atoms with Crippen LogP contribution >= 0.6 is 0 Å². The van der Waals surface area contributed by atoms with E-state index in [1.54, 1.807) is 12.1 Å². The van der Waals surface area contributed by atoms with Crippen molar-refractivity contribution in [2.45, 2.75) is 19.7 Å². The second kappa shape index (κ2) is 6.52. The van der Waals surface area contributed by atoms with E-state index < -0.39 is 4.92 Å². The van der Waals surface area contributed by atoms with Crippen molar-refractivity contribution in [3.05, 3.63) is 99.6 Å². The number of rotatable bonds is 3. The van der Waals surface area contributed by atoms with Gasteiger partial charge in [-0.05, 0) is 37.3 Å². The van der Waals surface area contributed by atoms with Gasteiger partial charge in [-0.2, -0.15) is 0 Å². The van der Waals surface area contributed by atoms with Crippen LogP contribution in [0.25, 0.3) is 0 Å². The van der Waals surface area contributed by atoms with Gasteiger partial charge in [0.25, 0.3) is 5.69 Å². The summed E-state index contributed by atoms with van der Waals surface area (Å²) < 4.78 is 6.27. The number of benzene rings is 3. The number of hydrogen-bond donors (Lipinski definition) is 0. The number of nitrogens with zero attached hydrogens (tertiary/aromatic N) is 2. The number of aryl methyl sites for hydroxylation is 1. The predicted octanol–water partition coefficient (Wildman–Crippen LogP) is 5.00. The van der Waals surface area contributed by atoms with Crippen LogP contribution in [-0.4, -0.2) is 4.92 Å². The highest BCUT2D eigenvalue weighted by molar-refractivity contribution is 5.53. The highest BCUT2D eigenvalue weighted by Gasteiger charge is 2.29. The average molecular weight is 346 g/mol. The van der Waals surface area contributed by atoms with Gasteiger partial charge in [0.1, 0.15) is 5.75 Å². The van der Waals surface area contributed by atoms with Crippen LogP contribution in [0.5, 0.6) is 5.75 Å². The Morgan fingerprint density at radius 3 is 2.38 bits per heavy atom. The van der Waals surface area contributed by atoms with Gasteiger partial charge in [0, 0.05) is 28.9 Å². The quantitative estimate of drug-likeness (QED) is 0.494. The first kappa shape index (κ1) is 16.1. The number of para-hydroxylation sites is 1. The molecule has 130 valence electrons. The molecule has 1 aliphatic rings. The van der Waals surface area contributed by atoms with Gasteiger partial charge < -0.3 is 9.64 Å². The van der Waals surface area contributed by atoms with Gasteiger partial charge in [0.05, 0.1) is 11.5 Å². The number of anilines is 1. The van der Waals surface area contributed by atoms with Crippen molar-refractivity contribution in [3.63, 3.8) is 0 Å². The Morgan fingerprint density at radius 2 is 1.69 bits per heavy atom. The van der Waals surface area contributed by atoms with E-state index >= 15 is 0 Å². The first-order chi connectivity index (χ1) is 12.6. The van der Waals surface area contributed by atoms with Crippen LogP contribution in [0.15, 0.2) is 72.8 Å². The molecule has 1 heterocycles. The Hall–Kier alpha value is -3.34. The fourth-order valence-corrected chi connectivity index (χ4v) is 3.17. The highest BCUT2D eigenvalue weighted by Crippen LogP contribution is 2.38. The Bertz CT molecular complexity index is 936. The minimum Gasteiger partial charge on any atom is -0.466 e. The molecular formula is C21H18N2O3. The molecule has 1 atom stereocenters. The van der Waals surface area contributed by atoms with E-state index in [2.05, 4.69) is 42.2 Å². The molecule has 3 aromatic rings. The second-order valence-corrected chi connectivity index (χ2v) is 6.39. The lowest BCUT2D eigenvalue weighted by Gasteiger charge is -2.38. The Labute approximate surface area is 151 Å². The van der Waals surface area contributed by atoms with Gasteiger partial charge in [-0.1, -0.05) is 35.9 Å². The summed E-state index contributed by atoms with van der Waals surface area (Å²) in [6.07, 6.45) is -0.339. The first-order valence-corrected chi connectivity index (χ1v) is 8.44. The van der Waals surface area contributed by atoms with Crippen LogP contribution in [0, 0.1) is 17.0 Å². The van der Waals surface area contributed by atoms with E-state index in [4.69, 9.17) is 4.74 Å². The monoisotopic (exact) mass is 346 g/mol. The van der Waals surface area contributed by atoms with E-state index in [0.29, 0.717) is 6.54 Å². The lowest BCUT2D eigenvalue weighted by Crippen LogP contribution is -2.35. The normalized spacial score (nSPS) is 15.9. The van der Waals surface area contributed by atoms with Gasteiger partial charge >= 0.3 is 0 Å². The molecule has 0 amide bonds. The number of nitro groups is 1. The van der Waals surface area contributed by atoms with Crippen molar-refractivity contribution in [3.8, 4) is 5.75 Å². The average Bonchev–Trinajstić information content (AvgIpc) is 2.68. The van der Waals surface area contributed by atoms with Crippen LogP contribution < -0.4 is 9.64 Å². The van der Waals surface area contributed by atoms with Crippen molar-refractivity contribution in [2.24, 2.45) is 0 Å². The molecule has 0 spiro atoms. The zero-order valence-corrected chi connectivity index (χ0v) is 14.3. The number of non-ortho nitro benzene ring substituents is 1. The molecule has 0 aliphatic carbocycles. The van der Waals surface area contributed by atoms with Gasteiger partial charge in [-0.15, -0.1) is 0 Å². The minimum absolute atomic E-state index is 0.0758. The highest BCUT2D eigenvalue weighted by atomic mass is 16.6. The number of nitro benzene ring substituents is 1.